The van der Waals surface area contributed by atoms with Gasteiger partial charge in [0.2, 0.25) is 5.91 Å². The third-order valence-corrected chi connectivity index (χ3v) is 2.01. The van der Waals surface area contributed by atoms with Gasteiger partial charge in [0.1, 0.15) is 0 Å². The van der Waals surface area contributed by atoms with Crippen molar-refractivity contribution in [3.05, 3.63) is 12.4 Å². The molecule has 1 aromatic rings. The van der Waals surface area contributed by atoms with E-state index in [1.165, 1.54) is 0 Å². The maximum atomic E-state index is 11.3. The smallest absolute Gasteiger partial charge is 0.239 e. The second-order valence-corrected chi connectivity index (χ2v) is 3.46. The highest BCUT2D eigenvalue weighted by molar-refractivity contribution is 5.80. The molecule has 0 spiro atoms. The minimum absolute atomic E-state index is 0.0207. The summed E-state index contributed by atoms with van der Waals surface area (Å²) in [6, 6.07) is 0. The minimum atomic E-state index is 0.0207. The first-order chi connectivity index (χ1) is 7.22. The molecule has 1 amide bonds. The van der Waals surface area contributed by atoms with Crippen LogP contribution in [0.1, 0.15) is 19.8 Å². The molecular formula is C10H18N4O. The number of carbonyl (C=O) groups is 1. The van der Waals surface area contributed by atoms with Crippen molar-refractivity contribution in [2.24, 2.45) is 7.05 Å². The minimum Gasteiger partial charge on any atom is -0.374 e. The first-order valence-corrected chi connectivity index (χ1v) is 5.21. The maximum absolute atomic E-state index is 11.3. The van der Waals surface area contributed by atoms with Crippen molar-refractivity contribution >= 4 is 11.6 Å². The van der Waals surface area contributed by atoms with Gasteiger partial charge in [-0.25, -0.2) is 0 Å². The summed E-state index contributed by atoms with van der Waals surface area (Å²) in [5.74, 6) is 0.0207. The lowest BCUT2D eigenvalue weighted by Gasteiger charge is -2.04. The van der Waals surface area contributed by atoms with Crippen LogP contribution in [-0.2, 0) is 11.8 Å². The fraction of sp³-hybridized carbons (Fsp3) is 0.600. The van der Waals surface area contributed by atoms with Crippen molar-refractivity contribution in [2.75, 3.05) is 18.4 Å². The molecule has 0 fully saturated rings. The van der Waals surface area contributed by atoms with Crippen molar-refractivity contribution in [1.29, 1.82) is 0 Å². The van der Waals surface area contributed by atoms with E-state index in [0.717, 1.165) is 25.1 Å². The highest BCUT2D eigenvalue weighted by Gasteiger charge is 2.00. The largest absolute Gasteiger partial charge is 0.374 e. The average molecular weight is 210 g/mol. The highest BCUT2D eigenvalue weighted by Crippen LogP contribution is 2.01. The summed E-state index contributed by atoms with van der Waals surface area (Å²) in [7, 11) is 1.84. The topological polar surface area (TPSA) is 59.0 Å². The first-order valence-electron chi connectivity index (χ1n) is 5.21. The van der Waals surface area contributed by atoms with Gasteiger partial charge < -0.3 is 10.6 Å². The summed E-state index contributed by atoms with van der Waals surface area (Å²) < 4.78 is 1.69. The molecule has 0 bridgehead atoms. The molecule has 0 saturated heterocycles. The molecule has 0 unspecified atom stereocenters. The van der Waals surface area contributed by atoms with Gasteiger partial charge in [-0.1, -0.05) is 13.3 Å². The van der Waals surface area contributed by atoms with Gasteiger partial charge in [0.15, 0.2) is 0 Å². The van der Waals surface area contributed by atoms with Crippen LogP contribution < -0.4 is 10.6 Å². The number of unbranched alkanes of at least 4 members (excludes halogenated alkanes) is 1. The quantitative estimate of drug-likeness (QED) is 0.681. The average Bonchev–Trinajstić information content (AvgIpc) is 2.62. The molecule has 0 saturated carbocycles. The Morgan fingerprint density at radius 3 is 3.00 bits per heavy atom. The molecule has 0 atom stereocenters. The number of carbonyl (C=O) groups excluding carboxylic acids is 1. The van der Waals surface area contributed by atoms with E-state index in [-0.39, 0.29) is 5.91 Å². The second kappa shape index (κ2) is 6.06. The van der Waals surface area contributed by atoms with Crippen LogP contribution in [0.25, 0.3) is 0 Å². The Kier molecular flexibility index (Phi) is 4.66. The molecule has 1 aromatic heterocycles. The molecular weight excluding hydrogens is 192 g/mol. The van der Waals surface area contributed by atoms with Gasteiger partial charge in [0.05, 0.1) is 18.4 Å². The van der Waals surface area contributed by atoms with Crippen molar-refractivity contribution in [3.63, 3.8) is 0 Å². The van der Waals surface area contributed by atoms with Gasteiger partial charge in [0.25, 0.3) is 0 Å². The predicted molar refractivity (Wildman–Crippen MR) is 59.6 cm³/mol. The number of aryl methyl sites for hydroxylation is 1. The molecule has 5 heteroatoms. The maximum Gasteiger partial charge on any atom is 0.239 e. The lowest BCUT2D eigenvalue weighted by molar-refractivity contribution is -0.119. The molecule has 0 radical (unpaired) electrons. The van der Waals surface area contributed by atoms with Gasteiger partial charge >= 0.3 is 0 Å². The Morgan fingerprint density at radius 1 is 1.60 bits per heavy atom. The number of nitrogens with one attached hydrogen (secondary N) is 2. The normalized spacial score (nSPS) is 10.0. The number of hydrogen-bond acceptors (Lipinski definition) is 3. The molecule has 0 aromatic carbocycles. The number of amides is 1. The van der Waals surface area contributed by atoms with E-state index >= 15 is 0 Å². The van der Waals surface area contributed by atoms with Crippen LogP contribution >= 0.6 is 0 Å². The number of aromatic nitrogens is 2. The zero-order valence-electron chi connectivity index (χ0n) is 9.29. The predicted octanol–water partition coefficient (Wildman–Crippen LogP) is 0.748. The molecule has 15 heavy (non-hydrogen) atoms. The van der Waals surface area contributed by atoms with Crippen LogP contribution in [0.3, 0.4) is 0 Å². The zero-order chi connectivity index (χ0) is 11.1. The highest BCUT2D eigenvalue weighted by atomic mass is 16.1. The lowest BCUT2D eigenvalue weighted by atomic mass is 10.3. The Bertz CT molecular complexity index is 308. The summed E-state index contributed by atoms with van der Waals surface area (Å²) in [5.41, 5.74) is 0.864. The summed E-state index contributed by atoms with van der Waals surface area (Å²) >= 11 is 0. The SMILES string of the molecule is CCCCNC(=O)CNc1cnn(C)c1. The van der Waals surface area contributed by atoms with Crippen LogP contribution in [0.4, 0.5) is 5.69 Å². The van der Waals surface area contributed by atoms with Crippen molar-refractivity contribution in [3.8, 4) is 0 Å². The number of nitrogens with zero attached hydrogens (tertiary/aromatic N) is 2. The Hall–Kier alpha value is -1.52. The van der Waals surface area contributed by atoms with Crippen LogP contribution in [0.5, 0.6) is 0 Å². The Morgan fingerprint density at radius 2 is 2.40 bits per heavy atom. The zero-order valence-corrected chi connectivity index (χ0v) is 9.29. The molecule has 5 nitrogen and oxygen atoms in total. The lowest BCUT2D eigenvalue weighted by Crippen LogP contribution is -2.30. The van der Waals surface area contributed by atoms with Crippen LogP contribution in [0, 0.1) is 0 Å². The van der Waals surface area contributed by atoms with E-state index in [0.29, 0.717) is 6.54 Å². The van der Waals surface area contributed by atoms with Gasteiger partial charge in [-0.2, -0.15) is 5.10 Å². The Labute approximate surface area is 89.9 Å². The Balaban J connectivity index is 2.16. The van der Waals surface area contributed by atoms with Gasteiger partial charge in [-0.15, -0.1) is 0 Å². The summed E-state index contributed by atoms with van der Waals surface area (Å²) in [4.78, 5) is 11.3. The summed E-state index contributed by atoms with van der Waals surface area (Å²) in [6.07, 6.45) is 5.65. The first kappa shape index (κ1) is 11.6. The fourth-order valence-corrected chi connectivity index (χ4v) is 1.16. The van der Waals surface area contributed by atoms with E-state index in [2.05, 4.69) is 22.7 Å². The third kappa shape index (κ3) is 4.49. The van der Waals surface area contributed by atoms with Gasteiger partial charge in [-0.3, -0.25) is 9.48 Å². The molecule has 84 valence electrons. The monoisotopic (exact) mass is 210 g/mol. The van der Waals surface area contributed by atoms with E-state index in [4.69, 9.17) is 0 Å². The van der Waals surface area contributed by atoms with E-state index < -0.39 is 0 Å². The van der Waals surface area contributed by atoms with Crippen LogP contribution in [0.2, 0.25) is 0 Å². The van der Waals surface area contributed by atoms with E-state index in [1.54, 1.807) is 10.9 Å². The number of rotatable bonds is 6. The van der Waals surface area contributed by atoms with Crippen LogP contribution in [0.15, 0.2) is 12.4 Å². The number of hydrogen-bond donors (Lipinski definition) is 2. The standard InChI is InChI=1S/C10H18N4O/c1-3-4-5-11-10(15)7-12-9-6-13-14(2)8-9/h6,8,12H,3-5,7H2,1-2H3,(H,11,15). The fourth-order valence-electron chi connectivity index (χ4n) is 1.16. The van der Waals surface area contributed by atoms with Gasteiger partial charge in [0, 0.05) is 19.8 Å². The molecule has 1 rings (SSSR count). The van der Waals surface area contributed by atoms with E-state index in [1.807, 2.05) is 13.2 Å². The molecule has 0 aliphatic rings. The van der Waals surface area contributed by atoms with E-state index in [9.17, 15) is 4.79 Å². The van der Waals surface area contributed by atoms with Crippen LogP contribution in [-0.4, -0.2) is 28.8 Å². The molecule has 1 heterocycles. The second-order valence-electron chi connectivity index (χ2n) is 3.46. The summed E-state index contributed by atoms with van der Waals surface area (Å²) in [5, 5.41) is 9.82. The molecule has 2 N–H and O–H groups in total. The van der Waals surface area contributed by atoms with Crippen molar-refractivity contribution < 1.29 is 4.79 Å². The number of anilines is 1. The third-order valence-electron chi connectivity index (χ3n) is 2.01. The molecule has 0 aliphatic carbocycles. The van der Waals surface area contributed by atoms with Crippen molar-refractivity contribution in [1.82, 2.24) is 15.1 Å². The van der Waals surface area contributed by atoms with Gasteiger partial charge in [-0.05, 0) is 6.42 Å². The van der Waals surface area contributed by atoms with Crippen molar-refractivity contribution in [2.45, 2.75) is 19.8 Å². The summed E-state index contributed by atoms with van der Waals surface area (Å²) in [6.45, 7) is 3.15. The molecule has 0 aliphatic heterocycles.